The number of hydrogen-bond acceptors (Lipinski definition) is 8. The second-order valence-corrected chi connectivity index (χ2v) is 7.52. The Balaban J connectivity index is 1.54. The van der Waals surface area contributed by atoms with E-state index in [0.29, 0.717) is 16.1 Å². The van der Waals surface area contributed by atoms with E-state index in [1.807, 2.05) is 0 Å². The Labute approximate surface area is 209 Å². The lowest BCUT2D eigenvalue weighted by Crippen LogP contribution is -2.34. The van der Waals surface area contributed by atoms with E-state index in [0.717, 1.165) is 0 Å². The van der Waals surface area contributed by atoms with Crippen LogP contribution in [0.2, 0.25) is 5.02 Å². The van der Waals surface area contributed by atoms with Crippen molar-refractivity contribution in [3.63, 3.8) is 0 Å². The fraction of sp³-hybridized carbons (Fsp3) is 0.0833. The van der Waals surface area contributed by atoms with E-state index in [-0.39, 0.29) is 29.3 Å². The van der Waals surface area contributed by atoms with Gasteiger partial charge in [-0.2, -0.15) is 5.10 Å². The molecule has 0 radical (unpaired) electrons. The van der Waals surface area contributed by atoms with Gasteiger partial charge in [-0.15, -0.1) is 0 Å². The van der Waals surface area contributed by atoms with Crippen LogP contribution in [-0.4, -0.2) is 42.6 Å². The van der Waals surface area contributed by atoms with Crippen molar-refractivity contribution in [2.75, 3.05) is 13.7 Å². The van der Waals surface area contributed by atoms with Crippen molar-refractivity contribution in [1.82, 2.24) is 10.7 Å². The average Bonchev–Trinajstić information content (AvgIpc) is 2.88. The Bertz CT molecular complexity index is 1310. The van der Waals surface area contributed by atoms with Crippen LogP contribution in [0.5, 0.6) is 11.5 Å². The molecule has 0 aliphatic heterocycles. The minimum Gasteiger partial charge on any atom is -0.493 e. The molecule has 0 aliphatic rings. The first-order valence-corrected chi connectivity index (χ1v) is 10.6. The minimum absolute atomic E-state index is 0.118. The predicted molar refractivity (Wildman–Crippen MR) is 131 cm³/mol. The van der Waals surface area contributed by atoms with E-state index >= 15 is 0 Å². The highest BCUT2D eigenvalue weighted by Gasteiger charge is 2.14. The molecule has 3 aromatic carbocycles. The van der Waals surface area contributed by atoms with Crippen LogP contribution in [0.3, 0.4) is 0 Å². The van der Waals surface area contributed by atoms with E-state index in [1.54, 1.807) is 18.2 Å². The largest absolute Gasteiger partial charge is 0.493 e. The molecule has 12 heteroatoms. The van der Waals surface area contributed by atoms with Crippen LogP contribution in [0.4, 0.5) is 5.69 Å². The second kappa shape index (κ2) is 12.1. The summed E-state index contributed by atoms with van der Waals surface area (Å²) in [5.41, 5.74) is 3.14. The molecular weight excluding hydrogens is 492 g/mol. The number of ether oxygens (including phenoxy) is 2. The molecule has 3 rings (SSSR count). The molecular formula is C24H19ClN4O7. The summed E-state index contributed by atoms with van der Waals surface area (Å²) in [5, 5.41) is 17.5. The van der Waals surface area contributed by atoms with Crippen molar-refractivity contribution in [2.24, 2.45) is 5.10 Å². The Hall–Kier alpha value is -4.77. The summed E-state index contributed by atoms with van der Waals surface area (Å²) in [4.78, 5) is 46.5. The van der Waals surface area contributed by atoms with Crippen LogP contribution in [0.25, 0.3) is 0 Å². The van der Waals surface area contributed by atoms with Crippen molar-refractivity contribution in [3.8, 4) is 11.5 Å². The van der Waals surface area contributed by atoms with Crippen molar-refractivity contribution in [1.29, 1.82) is 0 Å². The van der Waals surface area contributed by atoms with Gasteiger partial charge in [-0.1, -0.05) is 11.6 Å². The molecule has 0 atom stereocenters. The number of amides is 2. The van der Waals surface area contributed by atoms with Gasteiger partial charge >= 0.3 is 5.97 Å². The highest BCUT2D eigenvalue weighted by molar-refractivity contribution is 6.30. The predicted octanol–water partition coefficient (Wildman–Crippen LogP) is 3.36. The third-order valence-electron chi connectivity index (χ3n) is 4.62. The molecule has 2 N–H and O–H groups in total. The zero-order valence-electron chi connectivity index (χ0n) is 18.8. The van der Waals surface area contributed by atoms with Gasteiger partial charge in [-0.05, 0) is 60.2 Å². The van der Waals surface area contributed by atoms with E-state index in [4.69, 9.17) is 21.1 Å². The number of benzene rings is 3. The summed E-state index contributed by atoms with van der Waals surface area (Å²) >= 11 is 5.78. The van der Waals surface area contributed by atoms with Crippen molar-refractivity contribution >= 4 is 41.3 Å². The van der Waals surface area contributed by atoms with Gasteiger partial charge in [0.05, 0.1) is 30.4 Å². The zero-order chi connectivity index (χ0) is 26.1. The fourth-order valence-electron chi connectivity index (χ4n) is 2.81. The highest BCUT2D eigenvalue weighted by Crippen LogP contribution is 2.28. The van der Waals surface area contributed by atoms with Gasteiger partial charge in [0, 0.05) is 22.7 Å². The third kappa shape index (κ3) is 7.11. The number of carbonyl (C=O) groups is 3. The van der Waals surface area contributed by atoms with Gasteiger partial charge < -0.3 is 14.8 Å². The molecule has 0 saturated heterocycles. The average molecular weight is 511 g/mol. The normalized spacial score (nSPS) is 10.5. The van der Waals surface area contributed by atoms with Gasteiger partial charge in [0.1, 0.15) is 0 Å². The van der Waals surface area contributed by atoms with Crippen LogP contribution in [0, 0.1) is 10.1 Å². The number of hydrazone groups is 1. The first kappa shape index (κ1) is 25.8. The number of nitrogens with zero attached hydrogens (tertiary/aromatic N) is 2. The quantitative estimate of drug-likeness (QED) is 0.147. The van der Waals surface area contributed by atoms with Gasteiger partial charge in [0.2, 0.25) is 0 Å². The topological polar surface area (TPSA) is 149 Å². The lowest BCUT2D eigenvalue weighted by atomic mass is 10.2. The molecule has 0 aromatic heterocycles. The number of rotatable bonds is 9. The molecule has 0 heterocycles. The summed E-state index contributed by atoms with van der Waals surface area (Å²) in [6.45, 7) is -0.292. The Morgan fingerprint density at radius 1 is 1.00 bits per heavy atom. The van der Waals surface area contributed by atoms with Crippen molar-refractivity contribution in [3.05, 3.63) is 98.6 Å². The van der Waals surface area contributed by atoms with Crippen LogP contribution >= 0.6 is 11.6 Å². The van der Waals surface area contributed by atoms with Gasteiger partial charge in [0.15, 0.2) is 11.5 Å². The standard InChI is InChI=1S/C24H19ClN4O7/c1-35-21-12-15(2-11-20(21)36-24(32)17-5-9-19(10-6-17)29(33)34)13-27-28-22(30)14-26-23(31)16-3-7-18(25)8-4-16/h2-13H,14H2,1H3,(H,26,31)(H,28,30)/b27-13-. The van der Waals surface area contributed by atoms with Crippen molar-refractivity contribution < 1.29 is 28.8 Å². The number of hydrogen-bond donors (Lipinski definition) is 2. The number of methoxy groups -OCH3 is 1. The lowest BCUT2D eigenvalue weighted by molar-refractivity contribution is -0.384. The van der Waals surface area contributed by atoms with Crippen LogP contribution < -0.4 is 20.2 Å². The van der Waals surface area contributed by atoms with Gasteiger partial charge in [-0.3, -0.25) is 19.7 Å². The molecule has 3 aromatic rings. The summed E-state index contributed by atoms with van der Waals surface area (Å²) in [7, 11) is 1.38. The van der Waals surface area contributed by atoms with Crippen LogP contribution in [0.15, 0.2) is 71.8 Å². The Morgan fingerprint density at radius 2 is 1.67 bits per heavy atom. The summed E-state index contributed by atoms with van der Waals surface area (Å²) in [6, 6.07) is 15.7. The maximum Gasteiger partial charge on any atom is 0.343 e. The smallest absolute Gasteiger partial charge is 0.343 e. The van der Waals surface area contributed by atoms with E-state index in [2.05, 4.69) is 15.8 Å². The number of nitrogens with one attached hydrogen (secondary N) is 2. The third-order valence-corrected chi connectivity index (χ3v) is 4.87. The Kier molecular flexibility index (Phi) is 8.68. The summed E-state index contributed by atoms with van der Waals surface area (Å²) < 4.78 is 10.6. The van der Waals surface area contributed by atoms with Gasteiger partial charge in [-0.25, -0.2) is 10.2 Å². The lowest BCUT2D eigenvalue weighted by Gasteiger charge is -2.10. The molecule has 0 fully saturated rings. The first-order chi connectivity index (χ1) is 17.3. The molecule has 0 spiro atoms. The monoisotopic (exact) mass is 510 g/mol. The van der Waals surface area contributed by atoms with Gasteiger partial charge in [0.25, 0.3) is 17.5 Å². The van der Waals surface area contributed by atoms with Crippen LogP contribution in [0.1, 0.15) is 26.3 Å². The molecule has 0 bridgehead atoms. The van der Waals surface area contributed by atoms with E-state index in [9.17, 15) is 24.5 Å². The van der Waals surface area contributed by atoms with Crippen LogP contribution in [-0.2, 0) is 4.79 Å². The Morgan fingerprint density at radius 3 is 2.31 bits per heavy atom. The molecule has 11 nitrogen and oxygen atoms in total. The number of carbonyl (C=O) groups excluding carboxylic acids is 3. The number of esters is 1. The molecule has 184 valence electrons. The zero-order valence-corrected chi connectivity index (χ0v) is 19.5. The highest BCUT2D eigenvalue weighted by atomic mass is 35.5. The fourth-order valence-corrected chi connectivity index (χ4v) is 2.94. The molecule has 0 saturated carbocycles. The summed E-state index contributed by atoms with van der Waals surface area (Å²) in [6.07, 6.45) is 1.34. The minimum atomic E-state index is -0.725. The molecule has 36 heavy (non-hydrogen) atoms. The first-order valence-electron chi connectivity index (χ1n) is 10.3. The number of non-ortho nitro benzene ring substituents is 1. The SMILES string of the molecule is COc1cc(/C=N\NC(=O)CNC(=O)c2ccc(Cl)cc2)ccc1OC(=O)c1ccc([N+](=O)[O-])cc1. The second-order valence-electron chi connectivity index (χ2n) is 7.09. The number of nitro groups is 1. The summed E-state index contributed by atoms with van der Waals surface area (Å²) in [5.74, 6) is -1.37. The van der Waals surface area contributed by atoms with Crippen molar-refractivity contribution in [2.45, 2.75) is 0 Å². The number of halogens is 1. The maximum absolute atomic E-state index is 12.4. The number of nitro benzene ring substituents is 1. The molecule has 0 aliphatic carbocycles. The molecule has 2 amide bonds. The van der Waals surface area contributed by atoms with E-state index in [1.165, 1.54) is 61.9 Å². The van der Waals surface area contributed by atoms with E-state index < -0.39 is 22.7 Å². The molecule has 0 unspecified atom stereocenters. The maximum atomic E-state index is 12.4.